The number of aryl methyl sites for hydroxylation is 3. The van der Waals surface area contributed by atoms with Crippen LogP contribution >= 0.6 is 11.6 Å². The van der Waals surface area contributed by atoms with E-state index >= 15 is 0 Å². The normalized spacial score (nSPS) is 11.7. The maximum atomic E-state index is 12.6. The second-order valence-corrected chi connectivity index (χ2v) is 9.14. The van der Waals surface area contributed by atoms with Gasteiger partial charge in [0.05, 0.1) is 15.9 Å². The summed E-state index contributed by atoms with van der Waals surface area (Å²) < 4.78 is 30.1. The largest absolute Gasteiger partial charge is 0.328 e. The molecular weight excluding hydrogens is 418 g/mol. The minimum atomic E-state index is -3.67. The summed E-state index contributed by atoms with van der Waals surface area (Å²) in [7, 11) is -3.67. The number of rotatable bonds is 7. The fraction of sp³-hybridized carbons (Fsp3) is 0.174. The second-order valence-electron chi connectivity index (χ2n) is 7.02. The lowest BCUT2D eigenvalue weighted by Crippen LogP contribution is -2.13. The number of imidazole rings is 1. The summed E-state index contributed by atoms with van der Waals surface area (Å²) in [5, 5.41) is 0.494. The van der Waals surface area contributed by atoms with Gasteiger partial charge in [-0.05, 0) is 67.4 Å². The predicted molar refractivity (Wildman–Crippen MR) is 122 cm³/mol. The summed E-state index contributed by atoms with van der Waals surface area (Å²) in [6.07, 6.45) is 1.54. The van der Waals surface area contributed by atoms with Crippen LogP contribution < -0.4 is 4.72 Å². The van der Waals surface area contributed by atoms with Crippen LogP contribution in [0.15, 0.2) is 77.7 Å². The summed E-state index contributed by atoms with van der Waals surface area (Å²) in [6.45, 7) is 2.97. The fourth-order valence-electron chi connectivity index (χ4n) is 3.54. The van der Waals surface area contributed by atoms with Crippen LogP contribution in [0.3, 0.4) is 0 Å². The predicted octanol–water partition coefficient (Wildman–Crippen LogP) is 5.30. The number of nitrogens with one attached hydrogen (secondary N) is 1. The van der Waals surface area contributed by atoms with Crippen molar-refractivity contribution in [1.82, 2.24) is 9.55 Å². The quantitative estimate of drug-likeness (QED) is 0.425. The summed E-state index contributed by atoms with van der Waals surface area (Å²) >= 11 is 5.85. The van der Waals surface area contributed by atoms with Crippen LogP contribution in [0.4, 0.5) is 5.69 Å². The van der Waals surface area contributed by atoms with Crippen LogP contribution in [0.25, 0.3) is 11.0 Å². The molecule has 7 heteroatoms. The lowest BCUT2D eigenvalue weighted by Gasteiger charge is -2.10. The Balaban J connectivity index is 1.51. The number of aromatic nitrogens is 2. The number of halogens is 1. The Kier molecular flexibility index (Phi) is 5.79. The third kappa shape index (κ3) is 4.35. The molecule has 0 spiro atoms. The van der Waals surface area contributed by atoms with Crippen molar-refractivity contribution in [3.63, 3.8) is 0 Å². The average molecular weight is 440 g/mol. The molecule has 154 valence electrons. The van der Waals surface area contributed by atoms with Gasteiger partial charge in [-0.2, -0.15) is 0 Å². The van der Waals surface area contributed by atoms with Crippen molar-refractivity contribution in [2.75, 3.05) is 4.72 Å². The van der Waals surface area contributed by atoms with Crippen molar-refractivity contribution in [1.29, 1.82) is 0 Å². The lowest BCUT2D eigenvalue weighted by molar-refractivity contribution is 0.601. The smallest absolute Gasteiger partial charge is 0.261 e. The molecule has 0 atom stereocenters. The first kappa shape index (κ1) is 20.4. The molecule has 0 saturated heterocycles. The number of sulfonamides is 1. The highest BCUT2D eigenvalue weighted by atomic mass is 35.5. The van der Waals surface area contributed by atoms with Crippen molar-refractivity contribution in [3.8, 4) is 0 Å². The van der Waals surface area contributed by atoms with E-state index in [1.165, 1.54) is 12.1 Å². The monoisotopic (exact) mass is 439 g/mol. The molecule has 0 fully saturated rings. The summed E-state index contributed by atoms with van der Waals surface area (Å²) in [5.41, 5.74) is 3.71. The van der Waals surface area contributed by atoms with Crippen LogP contribution in [0.5, 0.6) is 0 Å². The molecule has 4 aromatic rings. The Hall–Kier alpha value is -2.83. The number of nitrogens with zero attached hydrogens (tertiary/aromatic N) is 2. The molecule has 5 nitrogen and oxygen atoms in total. The lowest BCUT2D eigenvalue weighted by atomic mass is 10.1. The Morgan fingerprint density at radius 1 is 0.967 bits per heavy atom. The van der Waals surface area contributed by atoms with E-state index in [4.69, 9.17) is 16.6 Å². The maximum Gasteiger partial charge on any atom is 0.261 e. The van der Waals surface area contributed by atoms with E-state index in [9.17, 15) is 8.42 Å². The van der Waals surface area contributed by atoms with Gasteiger partial charge in [-0.3, -0.25) is 4.72 Å². The van der Waals surface area contributed by atoms with E-state index in [1.54, 1.807) is 18.2 Å². The minimum absolute atomic E-state index is 0.175. The van der Waals surface area contributed by atoms with Crippen molar-refractivity contribution in [2.24, 2.45) is 0 Å². The number of anilines is 1. The van der Waals surface area contributed by atoms with Gasteiger partial charge in [-0.15, -0.1) is 0 Å². The number of hydrogen-bond acceptors (Lipinski definition) is 3. The number of para-hydroxylation sites is 2. The zero-order chi connectivity index (χ0) is 21.1. The van der Waals surface area contributed by atoms with Gasteiger partial charge in [0.25, 0.3) is 10.0 Å². The van der Waals surface area contributed by atoms with E-state index in [0.717, 1.165) is 41.8 Å². The Morgan fingerprint density at radius 2 is 1.73 bits per heavy atom. The second kappa shape index (κ2) is 8.50. The minimum Gasteiger partial charge on any atom is -0.328 e. The first-order valence-electron chi connectivity index (χ1n) is 9.78. The SMILES string of the molecule is CCn1c(CCc2cccc(NS(=O)(=O)c3ccc(Cl)cc3)c2)nc2ccccc21. The van der Waals surface area contributed by atoms with Gasteiger partial charge in [-0.25, -0.2) is 13.4 Å². The molecule has 0 aliphatic carbocycles. The maximum absolute atomic E-state index is 12.6. The number of hydrogen-bond donors (Lipinski definition) is 1. The van der Waals surface area contributed by atoms with Crippen molar-refractivity contribution >= 4 is 38.3 Å². The standard InChI is InChI=1S/C23H22ClN3O2S/c1-2-27-22-9-4-3-8-21(22)25-23(27)15-10-17-6-5-7-19(16-17)26-30(28,29)20-13-11-18(24)12-14-20/h3-9,11-14,16,26H,2,10,15H2,1H3. The first-order valence-corrected chi connectivity index (χ1v) is 11.6. The third-order valence-corrected chi connectivity index (χ3v) is 6.64. The summed E-state index contributed by atoms with van der Waals surface area (Å²) in [6, 6.07) is 21.7. The molecule has 30 heavy (non-hydrogen) atoms. The highest BCUT2D eigenvalue weighted by Crippen LogP contribution is 2.21. The van der Waals surface area contributed by atoms with Gasteiger partial charge in [0.1, 0.15) is 5.82 Å². The van der Waals surface area contributed by atoms with Crippen LogP contribution in [0, 0.1) is 0 Å². The van der Waals surface area contributed by atoms with E-state index < -0.39 is 10.0 Å². The molecule has 0 unspecified atom stereocenters. The van der Waals surface area contributed by atoms with Crippen LogP contribution in [-0.2, 0) is 29.4 Å². The first-order chi connectivity index (χ1) is 14.5. The van der Waals surface area contributed by atoms with Crippen molar-refractivity contribution in [2.45, 2.75) is 31.2 Å². The van der Waals surface area contributed by atoms with Crippen LogP contribution in [-0.4, -0.2) is 18.0 Å². The molecule has 0 radical (unpaired) electrons. The molecule has 0 aliphatic rings. The number of fused-ring (bicyclic) bond motifs is 1. The summed E-state index contributed by atoms with van der Waals surface area (Å²) in [5.74, 6) is 1.03. The molecule has 4 rings (SSSR count). The van der Waals surface area contributed by atoms with E-state index in [0.29, 0.717) is 10.7 Å². The molecule has 1 heterocycles. The molecule has 0 amide bonds. The van der Waals surface area contributed by atoms with Gasteiger partial charge < -0.3 is 4.57 Å². The molecule has 3 aromatic carbocycles. The molecule has 0 aliphatic heterocycles. The topological polar surface area (TPSA) is 64.0 Å². The summed E-state index contributed by atoms with van der Waals surface area (Å²) in [4.78, 5) is 4.94. The van der Waals surface area contributed by atoms with Crippen molar-refractivity contribution < 1.29 is 8.42 Å². The van der Waals surface area contributed by atoms with E-state index in [2.05, 4.69) is 22.3 Å². The van der Waals surface area contributed by atoms with Gasteiger partial charge in [0.15, 0.2) is 0 Å². The highest BCUT2D eigenvalue weighted by Gasteiger charge is 2.14. The van der Waals surface area contributed by atoms with Gasteiger partial charge in [0, 0.05) is 23.7 Å². The third-order valence-electron chi connectivity index (χ3n) is 4.99. The van der Waals surface area contributed by atoms with Crippen LogP contribution in [0.2, 0.25) is 5.02 Å². The fourth-order valence-corrected chi connectivity index (χ4v) is 4.72. The molecule has 1 aromatic heterocycles. The average Bonchev–Trinajstić information content (AvgIpc) is 3.10. The Labute approximate surface area is 181 Å². The van der Waals surface area contributed by atoms with Crippen molar-refractivity contribution in [3.05, 3.63) is 89.2 Å². The Bertz CT molecular complexity index is 1280. The van der Waals surface area contributed by atoms with Gasteiger partial charge in [-0.1, -0.05) is 35.9 Å². The van der Waals surface area contributed by atoms with Gasteiger partial charge in [0.2, 0.25) is 0 Å². The van der Waals surface area contributed by atoms with E-state index in [-0.39, 0.29) is 4.90 Å². The van der Waals surface area contributed by atoms with Crippen LogP contribution in [0.1, 0.15) is 18.3 Å². The molecular formula is C23H22ClN3O2S. The molecule has 0 saturated carbocycles. The zero-order valence-electron chi connectivity index (χ0n) is 16.5. The van der Waals surface area contributed by atoms with E-state index in [1.807, 2.05) is 36.4 Å². The molecule has 1 N–H and O–H groups in total. The Morgan fingerprint density at radius 3 is 2.50 bits per heavy atom. The van der Waals surface area contributed by atoms with Gasteiger partial charge >= 0.3 is 0 Å². The molecule has 0 bridgehead atoms. The zero-order valence-corrected chi connectivity index (χ0v) is 18.1. The number of benzene rings is 3. The highest BCUT2D eigenvalue weighted by molar-refractivity contribution is 7.92.